The standard InChI is InChI=1S/C18H25N7O2/c1-14-12-15(25-10-3-2-4-11-25)24-17(23-14)20-9-8-19-16(26)13-27-18-21-6-5-7-22-18/h5-7,12H,2-4,8-11,13H2,1H3,(H,19,26)(H,20,23,24). The normalized spacial score (nSPS) is 13.9. The lowest BCUT2D eigenvalue weighted by Crippen LogP contribution is -2.33. The van der Waals surface area contributed by atoms with E-state index >= 15 is 0 Å². The highest BCUT2D eigenvalue weighted by atomic mass is 16.5. The molecule has 144 valence electrons. The van der Waals surface area contributed by atoms with E-state index in [1.165, 1.54) is 19.3 Å². The lowest BCUT2D eigenvalue weighted by atomic mass is 10.1. The van der Waals surface area contributed by atoms with Crippen LogP contribution in [-0.2, 0) is 4.79 Å². The molecule has 3 heterocycles. The number of ether oxygens (including phenoxy) is 1. The molecule has 2 aromatic rings. The van der Waals surface area contributed by atoms with Crippen molar-refractivity contribution in [3.63, 3.8) is 0 Å². The number of hydrogen-bond donors (Lipinski definition) is 2. The first kappa shape index (κ1) is 18.8. The average molecular weight is 371 g/mol. The van der Waals surface area contributed by atoms with Gasteiger partial charge in [-0.25, -0.2) is 15.0 Å². The van der Waals surface area contributed by atoms with Crippen LogP contribution in [0.2, 0.25) is 0 Å². The molecule has 0 radical (unpaired) electrons. The van der Waals surface area contributed by atoms with Gasteiger partial charge in [-0.2, -0.15) is 4.98 Å². The van der Waals surface area contributed by atoms with E-state index in [9.17, 15) is 4.79 Å². The fraction of sp³-hybridized carbons (Fsp3) is 0.500. The minimum atomic E-state index is -0.233. The van der Waals surface area contributed by atoms with Gasteiger partial charge in [-0.3, -0.25) is 4.79 Å². The topological polar surface area (TPSA) is 105 Å². The first-order valence-electron chi connectivity index (χ1n) is 9.22. The number of carbonyl (C=O) groups is 1. The average Bonchev–Trinajstić information content (AvgIpc) is 2.71. The van der Waals surface area contributed by atoms with Gasteiger partial charge in [0.25, 0.3) is 5.91 Å². The molecule has 1 fully saturated rings. The maximum atomic E-state index is 11.8. The zero-order valence-electron chi connectivity index (χ0n) is 15.5. The Labute approximate surface area is 158 Å². The Balaban J connectivity index is 1.40. The molecule has 0 aromatic carbocycles. The molecule has 1 aliphatic heterocycles. The summed E-state index contributed by atoms with van der Waals surface area (Å²) in [5.41, 5.74) is 0.924. The van der Waals surface area contributed by atoms with Crippen molar-refractivity contribution in [2.75, 3.05) is 43.0 Å². The minimum absolute atomic E-state index is 0.121. The van der Waals surface area contributed by atoms with E-state index in [4.69, 9.17) is 4.74 Å². The molecular formula is C18H25N7O2. The van der Waals surface area contributed by atoms with Gasteiger partial charge in [-0.05, 0) is 32.3 Å². The van der Waals surface area contributed by atoms with Gasteiger partial charge in [-0.1, -0.05) is 0 Å². The van der Waals surface area contributed by atoms with E-state index < -0.39 is 0 Å². The Morgan fingerprint density at radius 2 is 1.93 bits per heavy atom. The molecule has 0 unspecified atom stereocenters. The van der Waals surface area contributed by atoms with E-state index in [1.54, 1.807) is 18.5 Å². The highest BCUT2D eigenvalue weighted by Gasteiger charge is 2.13. The molecule has 27 heavy (non-hydrogen) atoms. The van der Waals surface area contributed by atoms with Crippen LogP contribution in [0.25, 0.3) is 0 Å². The van der Waals surface area contributed by atoms with E-state index in [2.05, 4.69) is 35.5 Å². The summed E-state index contributed by atoms with van der Waals surface area (Å²) in [4.78, 5) is 30.9. The number of anilines is 2. The number of carbonyl (C=O) groups excluding carboxylic acids is 1. The van der Waals surface area contributed by atoms with E-state index in [0.717, 1.165) is 24.6 Å². The van der Waals surface area contributed by atoms with Gasteiger partial charge in [0.2, 0.25) is 5.95 Å². The fourth-order valence-electron chi connectivity index (χ4n) is 2.83. The van der Waals surface area contributed by atoms with Gasteiger partial charge < -0.3 is 20.3 Å². The molecule has 2 N–H and O–H groups in total. The number of rotatable bonds is 8. The molecule has 1 saturated heterocycles. The quantitative estimate of drug-likeness (QED) is 0.666. The van der Waals surface area contributed by atoms with Crippen LogP contribution in [0.4, 0.5) is 11.8 Å². The Kier molecular flexibility index (Phi) is 6.72. The van der Waals surface area contributed by atoms with Crippen LogP contribution >= 0.6 is 0 Å². The third-order valence-electron chi connectivity index (χ3n) is 4.13. The lowest BCUT2D eigenvalue weighted by Gasteiger charge is -2.28. The molecule has 0 saturated carbocycles. The summed E-state index contributed by atoms with van der Waals surface area (Å²) in [6, 6.07) is 3.88. The zero-order chi connectivity index (χ0) is 18.9. The number of piperidine rings is 1. The summed E-state index contributed by atoms with van der Waals surface area (Å²) in [5, 5.41) is 5.93. The fourth-order valence-corrected chi connectivity index (χ4v) is 2.83. The van der Waals surface area contributed by atoms with Gasteiger partial charge >= 0.3 is 6.01 Å². The summed E-state index contributed by atoms with van der Waals surface area (Å²) in [5.74, 6) is 1.31. The van der Waals surface area contributed by atoms with Crippen molar-refractivity contribution in [2.45, 2.75) is 26.2 Å². The number of aryl methyl sites for hydroxylation is 1. The van der Waals surface area contributed by atoms with Gasteiger partial charge in [0.1, 0.15) is 5.82 Å². The van der Waals surface area contributed by atoms with Crippen LogP contribution in [0.5, 0.6) is 6.01 Å². The molecule has 2 aromatic heterocycles. The number of amides is 1. The number of nitrogens with zero attached hydrogens (tertiary/aromatic N) is 5. The van der Waals surface area contributed by atoms with Crippen LogP contribution in [0, 0.1) is 6.92 Å². The van der Waals surface area contributed by atoms with Gasteiger partial charge in [0.05, 0.1) is 0 Å². The Bertz CT molecular complexity index is 736. The van der Waals surface area contributed by atoms with Crippen LogP contribution in [0.15, 0.2) is 24.5 Å². The van der Waals surface area contributed by atoms with Crippen molar-refractivity contribution in [3.05, 3.63) is 30.2 Å². The monoisotopic (exact) mass is 371 g/mol. The summed E-state index contributed by atoms with van der Waals surface area (Å²) >= 11 is 0. The van der Waals surface area contributed by atoms with Crippen LogP contribution in [-0.4, -0.2) is 58.6 Å². The van der Waals surface area contributed by atoms with Crippen molar-refractivity contribution in [1.82, 2.24) is 25.3 Å². The maximum Gasteiger partial charge on any atom is 0.316 e. The number of aromatic nitrogens is 4. The van der Waals surface area contributed by atoms with Crippen molar-refractivity contribution in [2.24, 2.45) is 0 Å². The smallest absolute Gasteiger partial charge is 0.316 e. The predicted molar refractivity (Wildman–Crippen MR) is 102 cm³/mol. The number of nitrogens with one attached hydrogen (secondary N) is 2. The summed E-state index contributed by atoms with van der Waals surface area (Å²) in [7, 11) is 0. The lowest BCUT2D eigenvalue weighted by molar-refractivity contribution is -0.123. The first-order chi connectivity index (χ1) is 13.2. The Morgan fingerprint density at radius 3 is 2.70 bits per heavy atom. The third-order valence-corrected chi connectivity index (χ3v) is 4.13. The first-order valence-corrected chi connectivity index (χ1v) is 9.22. The highest BCUT2D eigenvalue weighted by Crippen LogP contribution is 2.19. The van der Waals surface area contributed by atoms with Crippen LogP contribution in [0.1, 0.15) is 25.0 Å². The molecule has 1 amide bonds. The minimum Gasteiger partial charge on any atom is -0.453 e. The largest absolute Gasteiger partial charge is 0.453 e. The molecule has 3 rings (SSSR count). The van der Waals surface area contributed by atoms with Gasteiger partial charge in [-0.15, -0.1) is 0 Å². The van der Waals surface area contributed by atoms with Crippen LogP contribution in [0.3, 0.4) is 0 Å². The zero-order valence-corrected chi connectivity index (χ0v) is 15.5. The highest BCUT2D eigenvalue weighted by molar-refractivity contribution is 5.77. The second-order valence-electron chi connectivity index (χ2n) is 6.34. The van der Waals surface area contributed by atoms with E-state index in [-0.39, 0.29) is 18.5 Å². The van der Waals surface area contributed by atoms with Crippen molar-refractivity contribution < 1.29 is 9.53 Å². The predicted octanol–water partition coefficient (Wildman–Crippen LogP) is 1.17. The van der Waals surface area contributed by atoms with Crippen molar-refractivity contribution in [1.29, 1.82) is 0 Å². The Hall–Kier alpha value is -2.97. The SMILES string of the molecule is Cc1cc(N2CCCCC2)nc(NCCNC(=O)COc2ncccn2)n1. The number of hydrogen-bond acceptors (Lipinski definition) is 8. The molecular weight excluding hydrogens is 346 g/mol. The molecule has 1 aliphatic rings. The second-order valence-corrected chi connectivity index (χ2v) is 6.34. The van der Waals surface area contributed by atoms with Crippen molar-refractivity contribution >= 4 is 17.7 Å². The molecule has 9 nitrogen and oxygen atoms in total. The maximum absolute atomic E-state index is 11.8. The van der Waals surface area contributed by atoms with Gasteiger partial charge in [0, 0.05) is 50.3 Å². The molecule has 0 aliphatic carbocycles. The third kappa shape index (κ3) is 6.05. The van der Waals surface area contributed by atoms with Gasteiger partial charge in [0.15, 0.2) is 6.61 Å². The van der Waals surface area contributed by atoms with E-state index in [0.29, 0.717) is 19.0 Å². The van der Waals surface area contributed by atoms with Crippen LogP contribution < -0.4 is 20.3 Å². The Morgan fingerprint density at radius 1 is 1.15 bits per heavy atom. The molecule has 0 bridgehead atoms. The summed E-state index contributed by atoms with van der Waals surface area (Å²) in [6.07, 6.45) is 6.81. The molecule has 9 heteroatoms. The molecule has 0 spiro atoms. The van der Waals surface area contributed by atoms with Crippen molar-refractivity contribution in [3.8, 4) is 6.01 Å². The summed E-state index contributed by atoms with van der Waals surface area (Å²) < 4.78 is 5.20. The van der Waals surface area contributed by atoms with E-state index in [1.807, 2.05) is 13.0 Å². The summed E-state index contributed by atoms with van der Waals surface area (Å²) in [6.45, 7) is 4.88. The molecule has 0 atom stereocenters. The second kappa shape index (κ2) is 9.65.